The van der Waals surface area contributed by atoms with Crippen molar-refractivity contribution in [3.05, 3.63) is 22.6 Å². The predicted molar refractivity (Wildman–Crippen MR) is 49.6 cm³/mol. The smallest absolute Gasteiger partial charge is 0.190 e. The monoisotopic (exact) mass is 228 g/mol. The third-order valence-electron chi connectivity index (χ3n) is 1.10. The van der Waals surface area contributed by atoms with Crippen LogP contribution in [0.1, 0.15) is 19.6 Å². The van der Waals surface area contributed by atoms with Crippen molar-refractivity contribution in [2.75, 3.05) is 0 Å². The highest BCUT2D eigenvalue weighted by Gasteiger charge is 2.07. The molecule has 0 radical (unpaired) electrons. The van der Waals surface area contributed by atoms with Crippen LogP contribution >= 0.6 is 15.9 Å². The van der Waals surface area contributed by atoms with E-state index in [0.29, 0.717) is 5.76 Å². The molecule has 1 N–H and O–H groups in total. The topological polar surface area (TPSA) is 33.4 Å². The van der Waals surface area contributed by atoms with Gasteiger partial charge in [0.2, 0.25) is 0 Å². The van der Waals surface area contributed by atoms with Gasteiger partial charge in [0.15, 0.2) is 5.76 Å². The van der Waals surface area contributed by atoms with Gasteiger partial charge >= 0.3 is 0 Å². The maximum Gasteiger partial charge on any atom is 0.190 e. The fourth-order valence-corrected chi connectivity index (χ4v) is 0.893. The average Bonchev–Trinajstić information content (AvgIpc) is 2.29. The Morgan fingerprint density at radius 2 is 2.25 bits per heavy atom. The second-order valence-electron chi connectivity index (χ2n) is 2.91. The van der Waals surface area contributed by atoms with E-state index in [2.05, 4.69) is 27.8 Å². The molecule has 3 heteroatoms. The SMILES string of the molecule is CC(C)(O)C#Cc1occc1Br. The standard InChI is InChI=1S/C9H9BrO2/c1-9(2,11)5-3-8-7(10)4-6-12-8/h4,6,11H,1-2H3. The zero-order valence-electron chi connectivity index (χ0n) is 6.89. The molecular formula is C9H9BrO2. The molecule has 1 aromatic heterocycles. The van der Waals surface area contributed by atoms with Crippen molar-refractivity contribution in [1.29, 1.82) is 0 Å². The molecule has 0 aromatic carbocycles. The summed E-state index contributed by atoms with van der Waals surface area (Å²) in [7, 11) is 0. The van der Waals surface area contributed by atoms with Gasteiger partial charge in [0.05, 0.1) is 10.7 Å². The van der Waals surface area contributed by atoms with Crippen molar-refractivity contribution in [2.24, 2.45) is 0 Å². The van der Waals surface area contributed by atoms with E-state index in [9.17, 15) is 5.11 Å². The summed E-state index contributed by atoms with van der Waals surface area (Å²) in [5.74, 6) is 5.91. The van der Waals surface area contributed by atoms with Crippen LogP contribution in [-0.4, -0.2) is 10.7 Å². The van der Waals surface area contributed by atoms with Crippen LogP contribution in [0.15, 0.2) is 21.2 Å². The lowest BCUT2D eigenvalue weighted by molar-refractivity contribution is 0.143. The summed E-state index contributed by atoms with van der Waals surface area (Å²) in [5.41, 5.74) is -0.980. The highest BCUT2D eigenvalue weighted by atomic mass is 79.9. The summed E-state index contributed by atoms with van der Waals surface area (Å²) in [6.45, 7) is 3.24. The normalized spacial score (nSPS) is 10.7. The Kier molecular flexibility index (Phi) is 2.61. The predicted octanol–water partition coefficient (Wildman–Crippen LogP) is 2.16. The molecule has 0 atom stereocenters. The maximum absolute atomic E-state index is 9.28. The van der Waals surface area contributed by atoms with Crippen LogP contribution in [0.25, 0.3) is 0 Å². The minimum Gasteiger partial charge on any atom is -0.455 e. The van der Waals surface area contributed by atoms with Crippen LogP contribution < -0.4 is 0 Å². The van der Waals surface area contributed by atoms with Crippen LogP contribution in [0, 0.1) is 11.8 Å². The molecule has 0 saturated heterocycles. The van der Waals surface area contributed by atoms with Gasteiger partial charge in [-0.1, -0.05) is 5.92 Å². The summed E-state index contributed by atoms with van der Waals surface area (Å²) in [5, 5.41) is 9.28. The van der Waals surface area contributed by atoms with E-state index >= 15 is 0 Å². The quantitative estimate of drug-likeness (QED) is 0.691. The summed E-state index contributed by atoms with van der Waals surface area (Å²) >= 11 is 3.26. The first-order chi connectivity index (χ1) is 5.49. The van der Waals surface area contributed by atoms with Crippen molar-refractivity contribution in [3.63, 3.8) is 0 Å². The fraction of sp³-hybridized carbons (Fsp3) is 0.333. The lowest BCUT2D eigenvalue weighted by atomic mass is 10.1. The molecule has 0 amide bonds. The van der Waals surface area contributed by atoms with Crippen molar-refractivity contribution < 1.29 is 9.52 Å². The highest BCUT2D eigenvalue weighted by Crippen LogP contribution is 2.16. The molecular weight excluding hydrogens is 220 g/mol. The van der Waals surface area contributed by atoms with Gasteiger partial charge in [0.25, 0.3) is 0 Å². The molecule has 0 bridgehead atoms. The zero-order valence-corrected chi connectivity index (χ0v) is 8.47. The van der Waals surface area contributed by atoms with Gasteiger partial charge < -0.3 is 9.52 Å². The Morgan fingerprint density at radius 3 is 2.67 bits per heavy atom. The number of furan rings is 1. The molecule has 0 aliphatic heterocycles. The van der Waals surface area contributed by atoms with E-state index in [-0.39, 0.29) is 0 Å². The summed E-state index contributed by atoms with van der Waals surface area (Å²) in [6, 6.07) is 1.76. The van der Waals surface area contributed by atoms with Crippen LogP contribution in [0.2, 0.25) is 0 Å². The lowest BCUT2D eigenvalue weighted by Gasteiger charge is -2.05. The molecule has 0 unspecified atom stereocenters. The number of rotatable bonds is 0. The van der Waals surface area contributed by atoms with E-state index in [1.807, 2.05) is 0 Å². The number of aliphatic hydroxyl groups is 1. The van der Waals surface area contributed by atoms with Crippen molar-refractivity contribution >= 4 is 15.9 Å². The van der Waals surface area contributed by atoms with Gasteiger partial charge in [-0.25, -0.2) is 0 Å². The van der Waals surface area contributed by atoms with Crippen LogP contribution in [-0.2, 0) is 0 Å². The van der Waals surface area contributed by atoms with E-state index < -0.39 is 5.60 Å². The number of halogens is 1. The van der Waals surface area contributed by atoms with Crippen molar-refractivity contribution in [1.82, 2.24) is 0 Å². The molecule has 0 saturated carbocycles. The van der Waals surface area contributed by atoms with Crippen LogP contribution in [0.4, 0.5) is 0 Å². The Morgan fingerprint density at radius 1 is 1.58 bits per heavy atom. The van der Waals surface area contributed by atoms with E-state index in [4.69, 9.17) is 4.42 Å². The van der Waals surface area contributed by atoms with E-state index in [1.54, 1.807) is 26.2 Å². The average molecular weight is 229 g/mol. The maximum atomic E-state index is 9.28. The highest BCUT2D eigenvalue weighted by molar-refractivity contribution is 9.10. The second kappa shape index (κ2) is 3.34. The summed E-state index contributed by atoms with van der Waals surface area (Å²) in [6.07, 6.45) is 1.54. The Bertz CT molecular complexity index is 322. The Hall–Kier alpha value is -0.720. The molecule has 0 aliphatic carbocycles. The first kappa shape index (κ1) is 9.37. The van der Waals surface area contributed by atoms with Gasteiger partial charge in [0, 0.05) is 0 Å². The zero-order chi connectivity index (χ0) is 9.19. The van der Waals surface area contributed by atoms with Crippen LogP contribution in [0.5, 0.6) is 0 Å². The van der Waals surface area contributed by atoms with Gasteiger partial charge in [-0.05, 0) is 41.8 Å². The Labute approximate surface area is 79.7 Å². The number of hydrogen-bond donors (Lipinski definition) is 1. The summed E-state index contributed by atoms with van der Waals surface area (Å²) < 4.78 is 5.83. The molecule has 1 aromatic rings. The number of hydrogen-bond acceptors (Lipinski definition) is 2. The molecule has 0 spiro atoms. The third kappa shape index (κ3) is 2.72. The third-order valence-corrected chi connectivity index (χ3v) is 1.72. The summed E-state index contributed by atoms with van der Waals surface area (Å²) in [4.78, 5) is 0. The van der Waals surface area contributed by atoms with Gasteiger partial charge in [0.1, 0.15) is 5.60 Å². The fourth-order valence-electron chi connectivity index (χ4n) is 0.593. The molecule has 64 valence electrons. The minimum atomic E-state index is -0.980. The molecule has 12 heavy (non-hydrogen) atoms. The van der Waals surface area contributed by atoms with Gasteiger partial charge in [-0.15, -0.1) is 0 Å². The van der Waals surface area contributed by atoms with Gasteiger partial charge in [-0.2, -0.15) is 0 Å². The first-order valence-corrected chi connectivity index (χ1v) is 4.27. The first-order valence-electron chi connectivity index (χ1n) is 3.47. The van der Waals surface area contributed by atoms with Crippen molar-refractivity contribution in [2.45, 2.75) is 19.4 Å². The molecule has 2 nitrogen and oxygen atoms in total. The van der Waals surface area contributed by atoms with Crippen LogP contribution in [0.3, 0.4) is 0 Å². The second-order valence-corrected chi connectivity index (χ2v) is 3.76. The molecule has 1 rings (SSSR count). The molecule has 0 aliphatic rings. The van der Waals surface area contributed by atoms with Gasteiger partial charge in [-0.3, -0.25) is 0 Å². The largest absolute Gasteiger partial charge is 0.455 e. The minimum absolute atomic E-state index is 0.539. The molecule has 0 fully saturated rings. The van der Waals surface area contributed by atoms with E-state index in [1.165, 1.54) is 0 Å². The van der Waals surface area contributed by atoms with Crippen molar-refractivity contribution in [3.8, 4) is 11.8 Å². The van der Waals surface area contributed by atoms with E-state index in [0.717, 1.165) is 4.47 Å². The Balaban J connectivity index is 2.87. The molecule has 1 heterocycles. The lowest BCUT2D eigenvalue weighted by Crippen LogP contribution is -2.14.